The Morgan fingerprint density at radius 3 is 2.85 bits per heavy atom. The molecule has 0 fully saturated rings. The van der Waals surface area contributed by atoms with Gasteiger partial charge in [-0.2, -0.15) is 5.26 Å². The fourth-order valence-corrected chi connectivity index (χ4v) is 1.54. The molecule has 2 atom stereocenters. The van der Waals surface area contributed by atoms with Gasteiger partial charge in [0.2, 0.25) is 0 Å². The van der Waals surface area contributed by atoms with E-state index in [9.17, 15) is 9.59 Å². The van der Waals surface area contributed by atoms with E-state index in [1.807, 2.05) is 6.07 Å². The molecule has 1 aromatic rings. The van der Waals surface area contributed by atoms with Crippen LogP contribution in [0.1, 0.15) is 19.0 Å². The van der Waals surface area contributed by atoms with Gasteiger partial charge in [-0.3, -0.25) is 0 Å². The molecule has 0 aromatic carbocycles. The number of H-pyrrole nitrogens is 1. The predicted molar refractivity (Wildman–Crippen MR) is 69.7 cm³/mol. The van der Waals surface area contributed by atoms with Gasteiger partial charge in [-0.1, -0.05) is 0 Å². The van der Waals surface area contributed by atoms with Crippen molar-refractivity contribution in [1.82, 2.24) is 20.2 Å². The Labute approximate surface area is 116 Å². The van der Waals surface area contributed by atoms with Gasteiger partial charge in [-0.05, 0) is 6.92 Å². The summed E-state index contributed by atoms with van der Waals surface area (Å²) in [4.78, 5) is 31.0. The van der Waals surface area contributed by atoms with Crippen LogP contribution in [0.25, 0.3) is 0 Å². The second kappa shape index (κ2) is 7.13. The molecular weight excluding hydrogens is 262 g/mol. The van der Waals surface area contributed by atoms with Crippen molar-refractivity contribution in [3.05, 3.63) is 18.2 Å². The highest BCUT2D eigenvalue weighted by Gasteiger charge is 2.24. The minimum Gasteiger partial charge on any atom is -0.480 e. The van der Waals surface area contributed by atoms with Crippen molar-refractivity contribution in [3.8, 4) is 6.07 Å². The maximum absolute atomic E-state index is 11.9. The first-order valence-corrected chi connectivity index (χ1v) is 6.06. The number of carbonyl (C=O) groups is 2. The number of imidazole rings is 1. The van der Waals surface area contributed by atoms with Crippen LogP contribution in [0.4, 0.5) is 4.79 Å². The second-order valence-electron chi connectivity index (χ2n) is 4.44. The maximum atomic E-state index is 11.9. The number of aromatic nitrogens is 2. The van der Waals surface area contributed by atoms with Crippen molar-refractivity contribution >= 4 is 12.0 Å². The topological polar surface area (TPSA) is 122 Å². The first kappa shape index (κ1) is 15.5. The predicted octanol–water partition coefficient (Wildman–Crippen LogP) is 0.349. The highest BCUT2D eigenvalue weighted by molar-refractivity contribution is 5.82. The third-order valence-corrected chi connectivity index (χ3v) is 2.94. The lowest BCUT2D eigenvalue weighted by Crippen LogP contribution is -2.50. The first-order valence-electron chi connectivity index (χ1n) is 6.06. The lowest BCUT2D eigenvalue weighted by Gasteiger charge is -2.25. The van der Waals surface area contributed by atoms with Crippen LogP contribution < -0.4 is 5.32 Å². The van der Waals surface area contributed by atoms with Crippen LogP contribution in [-0.4, -0.2) is 51.1 Å². The van der Waals surface area contributed by atoms with E-state index in [2.05, 4.69) is 15.3 Å². The number of urea groups is 1. The Kier molecular flexibility index (Phi) is 5.53. The van der Waals surface area contributed by atoms with Gasteiger partial charge in [0.15, 0.2) is 0 Å². The van der Waals surface area contributed by atoms with Crippen molar-refractivity contribution in [2.45, 2.75) is 31.8 Å². The molecule has 0 saturated carbocycles. The molecule has 0 spiro atoms. The van der Waals surface area contributed by atoms with Crippen LogP contribution in [0.5, 0.6) is 0 Å². The number of carboxylic acids is 1. The molecule has 8 heteroatoms. The van der Waals surface area contributed by atoms with E-state index in [1.54, 1.807) is 6.92 Å². The van der Waals surface area contributed by atoms with Gasteiger partial charge in [0.05, 0.1) is 18.8 Å². The molecule has 0 aliphatic heterocycles. The number of carboxylic acid groups (broad SMARTS) is 1. The Bertz CT molecular complexity index is 494. The number of nitriles is 1. The van der Waals surface area contributed by atoms with Gasteiger partial charge in [0.25, 0.3) is 0 Å². The van der Waals surface area contributed by atoms with E-state index < -0.39 is 18.0 Å². The summed E-state index contributed by atoms with van der Waals surface area (Å²) in [6, 6.07) is 0.0903. The lowest BCUT2D eigenvalue weighted by molar-refractivity contribution is -0.139. The number of hydrogen-bond donors (Lipinski definition) is 3. The molecule has 1 aromatic heterocycles. The van der Waals surface area contributed by atoms with Crippen LogP contribution in [-0.2, 0) is 11.2 Å². The maximum Gasteiger partial charge on any atom is 0.326 e. The van der Waals surface area contributed by atoms with Gasteiger partial charge in [-0.15, -0.1) is 0 Å². The number of rotatable bonds is 6. The smallest absolute Gasteiger partial charge is 0.326 e. The number of amides is 2. The molecule has 2 amide bonds. The molecule has 108 valence electrons. The largest absolute Gasteiger partial charge is 0.480 e. The van der Waals surface area contributed by atoms with Crippen LogP contribution in [0, 0.1) is 11.3 Å². The summed E-state index contributed by atoms with van der Waals surface area (Å²) in [6.07, 6.45) is 3.24. The van der Waals surface area contributed by atoms with E-state index in [-0.39, 0.29) is 18.9 Å². The van der Waals surface area contributed by atoms with E-state index in [0.717, 1.165) is 0 Å². The quantitative estimate of drug-likeness (QED) is 0.693. The summed E-state index contributed by atoms with van der Waals surface area (Å²) in [5.41, 5.74) is 0.616. The fourth-order valence-electron chi connectivity index (χ4n) is 1.54. The molecule has 20 heavy (non-hydrogen) atoms. The molecule has 8 nitrogen and oxygen atoms in total. The van der Waals surface area contributed by atoms with Crippen molar-refractivity contribution in [1.29, 1.82) is 5.26 Å². The summed E-state index contributed by atoms with van der Waals surface area (Å²) >= 11 is 0. The second-order valence-corrected chi connectivity index (χ2v) is 4.44. The van der Waals surface area contributed by atoms with E-state index in [0.29, 0.717) is 5.69 Å². The average molecular weight is 279 g/mol. The third kappa shape index (κ3) is 4.28. The normalized spacial score (nSPS) is 13.1. The van der Waals surface area contributed by atoms with Gasteiger partial charge >= 0.3 is 12.0 Å². The summed E-state index contributed by atoms with van der Waals surface area (Å²) in [5, 5.41) is 20.1. The average Bonchev–Trinajstić information content (AvgIpc) is 2.90. The number of nitrogens with one attached hydrogen (secondary N) is 2. The van der Waals surface area contributed by atoms with Crippen molar-refractivity contribution in [2.24, 2.45) is 0 Å². The highest BCUT2D eigenvalue weighted by Crippen LogP contribution is 2.03. The van der Waals surface area contributed by atoms with Crippen molar-refractivity contribution in [3.63, 3.8) is 0 Å². The van der Waals surface area contributed by atoms with Crippen LogP contribution in [0.2, 0.25) is 0 Å². The van der Waals surface area contributed by atoms with Crippen molar-refractivity contribution < 1.29 is 14.7 Å². The van der Waals surface area contributed by atoms with Gasteiger partial charge < -0.3 is 20.3 Å². The Morgan fingerprint density at radius 1 is 1.65 bits per heavy atom. The monoisotopic (exact) mass is 279 g/mol. The highest BCUT2D eigenvalue weighted by atomic mass is 16.4. The molecule has 0 aliphatic rings. The summed E-state index contributed by atoms with van der Waals surface area (Å²) in [6.45, 7) is 1.72. The molecule has 1 heterocycles. The van der Waals surface area contributed by atoms with E-state index in [4.69, 9.17) is 10.4 Å². The summed E-state index contributed by atoms with van der Waals surface area (Å²) in [5.74, 6) is -1.13. The Hall–Kier alpha value is -2.56. The molecular formula is C12H17N5O3. The standard InChI is InChI=1S/C12H17N5O3/c1-8(3-4-13)17(2)12(20)16-10(11(18)19)5-9-6-14-7-15-9/h6-8,10H,3,5H2,1-2H3,(H,14,15)(H,16,20)(H,18,19)/t8?,10-/m0/s1. The Balaban J connectivity index is 2.64. The summed E-state index contributed by atoms with van der Waals surface area (Å²) in [7, 11) is 1.52. The minimum absolute atomic E-state index is 0.113. The molecule has 1 rings (SSSR count). The SMILES string of the molecule is CC(CC#N)N(C)C(=O)N[C@@H](Cc1cnc[nH]1)C(=O)O. The van der Waals surface area contributed by atoms with E-state index in [1.165, 1.54) is 24.5 Å². The van der Waals surface area contributed by atoms with Gasteiger partial charge in [0, 0.05) is 31.4 Å². The number of hydrogen-bond acceptors (Lipinski definition) is 4. The lowest BCUT2D eigenvalue weighted by atomic mass is 10.1. The van der Waals surface area contributed by atoms with Crippen LogP contribution in [0.15, 0.2) is 12.5 Å². The zero-order valence-corrected chi connectivity index (χ0v) is 11.3. The molecule has 1 unspecified atom stereocenters. The zero-order valence-electron chi connectivity index (χ0n) is 11.3. The third-order valence-electron chi connectivity index (χ3n) is 2.94. The molecule has 0 aliphatic carbocycles. The molecule has 0 bridgehead atoms. The van der Waals surface area contributed by atoms with Gasteiger partial charge in [0.1, 0.15) is 6.04 Å². The number of aromatic amines is 1. The van der Waals surface area contributed by atoms with Crippen molar-refractivity contribution in [2.75, 3.05) is 7.05 Å². The van der Waals surface area contributed by atoms with E-state index >= 15 is 0 Å². The minimum atomic E-state index is -1.13. The van der Waals surface area contributed by atoms with Crippen LogP contribution >= 0.6 is 0 Å². The van der Waals surface area contributed by atoms with Gasteiger partial charge in [-0.25, -0.2) is 14.6 Å². The zero-order chi connectivity index (χ0) is 15.1. The first-order chi connectivity index (χ1) is 9.45. The number of carbonyl (C=O) groups excluding carboxylic acids is 1. The fraction of sp³-hybridized carbons (Fsp3) is 0.500. The Morgan fingerprint density at radius 2 is 2.35 bits per heavy atom. The van der Waals surface area contributed by atoms with Crippen LogP contribution in [0.3, 0.4) is 0 Å². The number of nitrogens with zero attached hydrogens (tertiary/aromatic N) is 3. The molecule has 3 N–H and O–H groups in total. The molecule has 0 saturated heterocycles. The number of aliphatic carboxylic acids is 1. The summed E-state index contributed by atoms with van der Waals surface area (Å²) < 4.78 is 0. The molecule has 0 radical (unpaired) electrons.